The van der Waals surface area contributed by atoms with Gasteiger partial charge in [0.15, 0.2) is 14.6 Å². The average molecular weight is 301 g/mol. The molecule has 1 rings (SSSR count). The van der Waals surface area contributed by atoms with Crippen molar-refractivity contribution in [2.75, 3.05) is 5.75 Å². The van der Waals surface area contributed by atoms with E-state index >= 15 is 0 Å². The predicted molar refractivity (Wildman–Crippen MR) is 72.3 cm³/mol. The molecule has 0 amide bonds. The zero-order valence-corrected chi connectivity index (χ0v) is 11.9. The number of hydrogen-bond acceptors (Lipinski definition) is 5. The third-order valence-electron chi connectivity index (χ3n) is 3.12. The lowest BCUT2D eigenvalue weighted by Crippen LogP contribution is -2.42. The molecule has 0 heterocycles. The molecule has 0 aromatic heterocycles. The monoisotopic (exact) mass is 301 g/mol. The van der Waals surface area contributed by atoms with E-state index in [0.717, 1.165) is 13.8 Å². The lowest BCUT2D eigenvalue weighted by Gasteiger charge is -2.19. The quantitative estimate of drug-likeness (QED) is 0.627. The summed E-state index contributed by atoms with van der Waals surface area (Å²) in [6.45, 7) is 2.20. The van der Waals surface area contributed by atoms with Crippen LogP contribution in [0.4, 0.5) is 5.69 Å². The summed E-state index contributed by atoms with van der Waals surface area (Å²) in [6.07, 6.45) is -0.101. The van der Waals surface area contributed by atoms with Crippen molar-refractivity contribution in [1.82, 2.24) is 0 Å². The van der Waals surface area contributed by atoms with E-state index < -0.39 is 31.2 Å². The SMILES string of the molecule is CC(C)(C(=O)O)S(=O)(=O)CCc1ccccc1[N+](=O)[O-]. The van der Waals surface area contributed by atoms with E-state index in [-0.39, 0.29) is 17.7 Å². The molecule has 0 saturated carbocycles. The maximum absolute atomic E-state index is 12.0. The van der Waals surface area contributed by atoms with E-state index in [1.165, 1.54) is 18.2 Å². The summed E-state index contributed by atoms with van der Waals surface area (Å²) in [4.78, 5) is 21.2. The van der Waals surface area contributed by atoms with Crippen LogP contribution in [0.25, 0.3) is 0 Å². The van der Waals surface area contributed by atoms with Crippen molar-refractivity contribution in [3.05, 3.63) is 39.9 Å². The Morgan fingerprint density at radius 2 is 1.90 bits per heavy atom. The maximum atomic E-state index is 12.0. The molecule has 0 aliphatic rings. The summed E-state index contributed by atoms with van der Waals surface area (Å²) in [5, 5.41) is 19.7. The van der Waals surface area contributed by atoms with Gasteiger partial charge in [-0.2, -0.15) is 0 Å². The van der Waals surface area contributed by atoms with Crippen molar-refractivity contribution in [3.8, 4) is 0 Å². The smallest absolute Gasteiger partial charge is 0.324 e. The van der Waals surface area contributed by atoms with Crippen LogP contribution in [0.3, 0.4) is 0 Å². The van der Waals surface area contributed by atoms with Gasteiger partial charge in [0.25, 0.3) is 5.69 Å². The second-order valence-corrected chi connectivity index (χ2v) is 7.43. The van der Waals surface area contributed by atoms with Crippen molar-refractivity contribution in [2.45, 2.75) is 25.0 Å². The van der Waals surface area contributed by atoms with Crippen molar-refractivity contribution in [2.24, 2.45) is 0 Å². The first kappa shape index (κ1) is 16.1. The second-order valence-electron chi connectivity index (χ2n) is 4.77. The molecule has 0 aliphatic heterocycles. The van der Waals surface area contributed by atoms with Gasteiger partial charge in [0.1, 0.15) is 0 Å². The van der Waals surface area contributed by atoms with Gasteiger partial charge in [-0.05, 0) is 20.3 Å². The first-order valence-corrected chi connectivity index (χ1v) is 7.43. The first-order chi connectivity index (χ1) is 9.09. The molecular weight excluding hydrogens is 286 g/mol. The molecule has 0 aliphatic carbocycles. The Balaban J connectivity index is 2.99. The molecule has 0 saturated heterocycles. The predicted octanol–water partition coefficient (Wildman–Crippen LogP) is 1.42. The van der Waals surface area contributed by atoms with Crippen LogP contribution in [-0.4, -0.2) is 34.9 Å². The number of benzene rings is 1. The van der Waals surface area contributed by atoms with E-state index in [2.05, 4.69) is 0 Å². The van der Waals surface area contributed by atoms with Crippen molar-refractivity contribution < 1.29 is 23.2 Å². The lowest BCUT2D eigenvalue weighted by atomic mass is 10.1. The lowest BCUT2D eigenvalue weighted by molar-refractivity contribution is -0.385. The fraction of sp³-hybridized carbons (Fsp3) is 0.417. The minimum absolute atomic E-state index is 0.101. The van der Waals surface area contributed by atoms with Gasteiger partial charge in [-0.25, -0.2) is 8.42 Å². The Bertz CT molecular complexity index is 635. The summed E-state index contributed by atoms with van der Waals surface area (Å²) < 4.78 is 22.1. The minimum Gasteiger partial charge on any atom is -0.480 e. The third-order valence-corrected chi connectivity index (χ3v) is 5.59. The van der Waals surface area contributed by atoms with Crippen molar-refractivity contribution in [1.29, 1.82) is 0 Å². The van der Waals surface area contributed by atoms with Gasteiger partial charge >= 0.3 is 5.97 Å². The molecule has 1 aromatic rings. The number of carboxylic acids is 1. The van der Waals surface area contributed by atoms with E-state index in [9.17, 15) is 23.3 Å². The van der Waals surface area contributed by atoms with Crippen LogP contribution in [0.1, 0.15) is 19.4 Å². The molecule has 0 bridgehead atoms. The highest BCUT2D eigenvalue weighted by molar-refractivity contribution is 7.93. The molecular formula is C12H15NO6S. The Kier molecular flexibility index (Phi) is 4.49. The van der Waals surface area contributed by atoms with Crippen LogP contribution in [0.5, 0.6) is 0 Å². The number of nitrogens with zero attached hydrogens (tertiary/aromatic N) is 1. The molecule has 0 radical (unpaired) electrons. The summed E-state index contributed by atoms with van der Waals surface area (Å²) in [6, 6.07) is 5.79. The molecule has 0 spiro atoms. The van der Waals surface area contributed by atoms with Crippen molar-refractivity contribution >= 4 is 21.5 Å². The fourth-order valence-corrected chi connectivity index (χ4v) is 2.80. The molecule has 1 aromatic carbocycles. The number of carboxylic acid groups (broad SMARTS) is 1. The van der Waals surface area contributed by atoms with Gasteiger partial charge in [0.05, 0.1) is 10.7 Å². The van der Waals surface area contributed by atoms with Gasteiger partial charge in [0, 0.05) is 11.6 Å². The van der Waals surface area contributed by atoms with Gasteiger partial charge in [0.2, 0.25) is 0 Å². The molecule has 0 fully saturated rings. The zero-order chi connectivity index (χ0) is 15.6. The van der Waals surface area contributed by atoms with Gasteiger partial charge in [-0.3, -0.25) is 14.9 Å². The van der Waals surface area contributed by atoms with Crippen LogP contribution >= 0.6 is 0 Å². The van der Waals surface area contributed by atoms with E-state index in [4.69, 9.17) is 5.11 Å². The Labute approximate surface area is 116 Å². The third kappa shape index (κ3) is 3.13. The highest BCUT2D eigenvalue weighted by Crippen LogP contribution is 2.22. The van der Waals surface area contributed by atoms with Gasteiger partial charge in [-0.15, -0.1) is 0 Å². The van der Waals surface area contributed by atoms with E-state index in [0.29, 0.717) is 0 Å². The van der Waals surface area contributed by atoms with Crippen LogP contribution in [-0.2, 0) is 21.1 Å². The number of nitro benzene ring substituents is 1. The van der Waals surface area contributed by atoms with Crippen LogP contribution in [0.15, 0.2) is 24.3 Å². The summed E-state index contributed by atoms with van der Waals surface area (Å²) in [7, 11) is -3.92. The molecule has 0 unspecified atom stereocenters. The number of hydrogen-bond donors (Lipinski definition) is 1. The molecule has 7 nitrogen and oxygen atoms in total. The van der Waals surface area contributed by atoms with Crippen LogP contribution in [0.2, 0.25) is 0 Å². The Hall–Kier alpha value is -1.96. The number of sulfone groups is 1. The van der Waals surface area contributed by atoms with Gasteiger partial charge < -0.3 is 5.11 Å². The number of rotatable bonds is 6. The standard InChI is InChI=1S/C12H15NO6S/c1-12(2,11(14)15)20(18,19)8-7-9-5-3-4-6-10(9)13(16)17/h3-6H,7-8H2,1-2H3,(H,14,15). The van der Waals surface area contributed by atoms with Gasteiger partial charge in [-0.1, -0.05) is 18.2 Å². The molecule has 110 valence electrons. The van der Waals surface area contributed by atoms with E-state index in [1.807, 2.05) is 0 Å². The topological polar surface area (TPSA) is 115 Å². The van der Waals surface area contributed by atoms with Crippen molar-refractivity contribution in [3.63, 3.8) is 0 Å². The number of aliphatic carboxylic acids is 1. The molecule has 20 heavy (non-hydrogen) atoms. The Morgan fingerprint density at radius 1 is 1.35 bits per heavy atom. The zero-order valence-electron chi connectivity index (χ0n) is 11.1. The first-order valence-electron chi connectivity index (χ1n) is 5.77. The summed E-state index contributed by atoms with van der Waals surface area (Å²) in [5.74, 6) is -1.91. The summed E-state index contributed by atoms with van der Waals surface area (Å²) in [5.41, 5.74) is 0.0955. The van der Waals surface area contributed by atoms with Crippen LogP contribution in [0, 0.1) is 10.1 Å². The highest BCUT2D eigenvalue weighted by Gasteiger charge is 2.41. The number of nitro groups is 1. The minimum atomic E-state index is -3.92. The molecule has 8 heteroatoms. The average Bonchev–Trinajstić information content (AvgIpc) is 2.36. The number of carbonyl (C=O) groups is 1. The molecule has 1 N–H and O–H groups in total. The summed E-state index contributed by atoms with van der Waals surface area (Å²) >= 11 is 0. The Morgan fingerprint density at radius 3 is 2.40 bits per heavy atom. The normalized spacial score (nSPS) is 12.1. The second kappa shape index (κ2) is 5.58. The maximum Gasteiger partial charge on any atom is 0.324 e. The fourth-order valence-electron chi connectivity index (χ4n) is 1.53. The highest BCUT2D eigenvalue weighted by atomic mass is 32.2. The number of para-hydroxylation sites is 1. The largest absolute Gasteiger partial charge is 0.480 e. The molecule has 0 atom stereocenters. The number of aryl methyl sites for hydroxylation is 1. The van der Waals surface area contributed by atoms with E-state index in [1.54, 1.807) is 6.07 Å². The van der Waals surface area contributed by atoms with Crippen LogP contribution < -0.4 is 0 Å².